The molecule has 0 heterocycles. The average Bonchev–Trinajstić information content (AvgIpc) is 2.74. The van der Waals surface area contributed by atoms with Crippen molar-refractivity contribution in [1.29, 1.82) is 0 Å². The summed E-state index contributed by atoms with van der Waals surface area (Å²) in [4.78, 5) is 0. The Morgan fingerprint density at radius 2 is 0.656 bits per heavy atom. The van der Waals surface area contributed by atoms with Crippen molar-refractivity contribution >= 4 is 44.8 Å². The van der Waals surface area contributed by atoms with E-state index in [0.717, 1.165) is 0 Å². The molecule has 0 unspecified atom stereocenters. The normalized spacial score (nSPS) is 12.8. The van der Waals surface area contributed by atoms with Crippen LogP contribution in [0.25, 0.3) is 0 Å². The summed E-state index contributed by atoms with van der Waals surface area (Å²) < 4.78 is 16.7. The van der Waals surface area contributed by atoms with Crippen molar-refractivity contribution in [2.45, 2.75) is 0 Å². The van der Waals surface area contributed by atoms with Crippen molar-refractivity contribution in [2.75, 3.05) is 46.7 Å². The van der Waals surface area contributed by atoms with Gasteiger partial charge in [-0.2, -0.15) is 0 Å². The lowest BCUT2D eigenvalue weighted by Gasteiger charge is -2.22. The first-order chi connectivity index (χ1) is 14.9. The molecule has 7 heteroatoms. The van der Waals surface area contributed by atoms with E-state index in [2.05, 4.69) is 138 Å². The molecule has 0 aliphatic rings. The summed E-state index contributed by atoms with van der Waals surface area (Å²) in [6.45, 7) is 16.0. The van der Waals surface area contributed by atoms with E-state index in [0.29, 0.717) is 0 Å². The monoisotopic (exact) mass is 502 g/mol. The van der Waals surface area contributed by atoms with Crippen LogP contribution in [0, 0.1) is 0 Å². The van der Waals surface area contributed by atoms with Gasteiger partial charge in [0.25, 0.3) is 0 Å². The molecule has 0 radical (unpaired) electrons. The van der Waals surface area contributed by atoms with Gasteiger partial charge in [0.05, 0.1) is 0 Å². The molecule has 0 saturated carbocycles. The van der Waals surface area contributed by atoms with Gasteiger partial charge in [-0.1, -0.05) is 105 Å². The van der Waals surface area contributed by atoms with E-state index in [1.807, 2.05) is 0 Å². The molecular weight excluding hydrogens is 466 g/mol. The Hall–Kier alpha value is -1.22. The van der Waals surface area contributed by atoms with Gasteiger partial charge in [0.1, 0.15) is 6.66 Å². The molecule has 0 fully saturated rings. The smallest absolute Gasteiger partial charge is 0.0937 e. The highest BCUT2D eigenvalue weighted by atomic mass is 31.3. The molecule has 0 amide bonds. The Labute approximate surface area is 195 Å². The minimum absolute atomic E-state index is 1.31. The lowest BCUT2D eigenvalue weighted by atomic mass is 10.4. The quantitative estimate of drug-likeness (QED) is 0.309. The molecule has 0 aliphatic heterocycles. The van der Waals surface area contributed by atoms with Crippen LogP contribution in [0.2, 0.25) is 0 Å². The number of rotatable bonds is 6. The fourth-order valence-electron chi connectivity index (χ4n) is 3.86. The summed E-state index contributed by atoms with van der Waals surface area (Å²) in [5.41, 5.74) is 0. The molecule has 0 atom stereocenters. The lowest BCUT2D eigenvalue weighted by molar-refractivity contribution is 1.59. The van der Waals surface area contributed by atoms with Gasteiger partial charge in [0, 0.05) is 21.2 Å². The van der Waals surface area contributed by atoms with E-state index < -0.39 is 28.9 Å². The van der Waals surface area contributed by atoms with Crippen LogP contribution in [0.5, 0.6) is 0 Å². The Kier molecular flexibility index (Phi) is 7.90. The van der Waals surface area contributed by atoms with Crippen molar-refractivity contribution < 1.29 is 0 Å². The number of hydrogen-bond donors (Lipinski definition) is 0. The maximum Gasteiger partial charge on any atom is 0.355 e. The van der Waals surface area contributed by atoms with Gasteiger partial charge in [-0.3, -0.25) is 0 Å². The highest BCUT2D eigenvalue weighted by Gasteiger charge is 2.38. The van der Waals surface area contributed by atoms with Crippen molar-refractivity contribution in [3.05, 3.63) is 91.0 Å². The highest BCUT2D eigenvalue weighted by Crippen LogP contribution is 2.75. The first-order valence-corrected chi connectivity index (χ1v) is 20.7. The van der Waals surface area contributed by atoms with Gasteiger partial charge in [-0.05, 0) is 55.9 Å². The van der Waals surface area contributed by atoms with Crippen LogP contribution in [0.15, 0.2) is 105 Å². The fraction of sp³-hybridized carbons (Fsp3) is 0.280. The summed E-state index contributed by atoms with van der Waals surface area (Å²) >= 11 is 0. The van der Waals surface area contributed by atoms with Gasteiger partial charge in [-0.25, -0.2) is 0 Å². The van der Waals surface area contributed by atoms with E-state index in [9.17, 15) is 0 Å². The molecular formula is C25H36N3P4+. The van der Waals surface area contributed by atoms with E-state index in [-0.39, 0.29) is 0 Å². The van der Waals surface area contributed by atoms with Gasteiger partial charge < -0.3 is 0 Å². The molecule has 0 bridgehead atoms. The molecule has 0 saturated heterocycles. The molecule has 0 N–H and O–H groups in total. The number of benzene rings is 3. The van der Waals surface area contributed by atoms with Gasteiger partial charge in [-0.15, -0.1) is 0 Å². The predicted molar refractivity (Wildman–Crippen MR) is 155 cm³/mol. The molecule has 32 heavy (non-hydrogen) atoms. The Bertz CT molecular complexity index is 1050. The van der Waals surface area contributed by atoms with Crippen molar-refractivity contribution in [2.24, 2.45) is 13.5 Å². The van der Waals surface area contributed by atoms with Crippen molar-refractivity contribution in [1.82, 2.24) is 0 Å². The molecule has 170 valence electrons. The van der Waals surface area contributed by atoms with Crippen LogP contribution >= 0.6 is 28.9 Å². The van der Waals surface area contributed by atoms with Crippen molar-refractivity contribution in [3.63, 3.8) is 0 Å². The average molecular weight is 502 g/mol. The van der Waals surface area contributed by atoms with Crippen LogP contribution in [0.3, 0.4) is 0 Å². The first kappa shape index (κ1) is 25.4. The maximum atomic E-state index is 5.58. The molecule has 3 rings (SSSR count). The van der Waals surface area contributed by atoms with E-state index in [1.54, 1.807) is 0 Å². The van der Waals surface area contributed by atoms with Gasteiger partial charge >= 0.3 is 7.71 Å². The Morgan fingerprint density at radius 3 is 0.875 bits per heavy atom. The molecule has 3 aromatic carbocycles. The van der Waals surface area contributed by atoms with Gasteiger partial charge in [0.15, 0.2) is 0 Å². The summed E-state index contributed by atoms with van der Waals surface area (Å²) in [5.74, 6) is 0. The van der Waals surface area contributed by atoms with Crippen LogP contribution < -0.4 is 15.9 Å². The fourth-order valence-corrected chi connectivity index (χ4v) is 19.4. The van der Waals surface area contributed by atoms with E-state index in [1.165, 1.54) is 15.9 Å². The van der Waals surface area contributed by atoms with Crippen LogP contribution in [-0.4, -0.2) is 46.7 Å². The third-order valence-electron chi connectivity index (χ3n) is 5.34. The van der Waals surface area contributed by atoms with Crippen molar-refractivity contribution in [3.8, 4) is 0 Å². The SMILES string of the molecule is CP(C)(=N[P+](C)(N=P(C)(C)c1ccccc1)N=P(C)(C)c1ccccc1)c1ccccc1. The third kappa shape index (κ3) is 6.43. The van der Waals surface area contributed by atoms with Gasteiger partial charge in [0.2, 0.25) is 0 Å². The van der Waals surface area contributed by atoms with Crippen LogP contribution in [-0.2, 0) is 0 Å². The van der Waals surface area contributed by atoms with E-state index >= 15 is 0 Å². The van der Waals surface area contributed by atoms with Crippen LogP contribution in [0.4, 0.5) is 0 Å². The Morgan fingerprint density at radius 1 is 0.438 bits per heavy atom. The topological polar surface area (TPSA) is 37.1 Å². The molecule has 0 aliphatic carbocycles. The summed E-state index contributed by atoms with van der Waals surface area (Å²) in [7, 11) is -7.55. The zero-order chi connectivity index (χ0) is 23.5. The molecule has 0 spiro atoms. The van der Waals surface area contributed by atoms with Crippen LogP contribution in [0.1, 0.15) is 0 Å². The maximum absolute atomic E-state index is 5.58. The lowest BCUT2D eigenvalue weighted by Crippen LogP contribution is -2.05. The third-order valence-corrected chi connectivity index (χ3v) is 19.5. The zero-order valence-corrected chi connectivity index (χ0v) is 23.9. The predicted octanol–water partition coefficient (Wildman–Crippen LogP) is 7.74. The summed E-state index contributed by atoms with van der Waals surface area (Å²) in [5, 5.41) is 3.93. The first-order valence-electron chi connectivity index (χ1n) is 10.7. The summed E-state index contributed by atoms with van der Waals surface area (Å²) in [6, 6.07) is 32.1. The second kappa shape index (κ2) is 9.95. The standard InChI is InChI=1S/C25H36N3P4/c1-29(2,23-17-11-8-12-18-23)26-32(7,27-30(3,4)24-19-13-9-14-20-24)28-31(5,6)25-21-15-10-16-22-25/h8-22H,1-7H3/q+1. The zero-order valence-electron chi connectivity index (χ0n) is 20.3. The minimum Gasteiger partial charge on any atom is -0.0937 e. The minimum atomic E-state index is -2.31. The molecule has 3 aromatic rings. The summed E-state index contributed by atoms with van der Waals surface area (Å²) in [6.07, 6.45) is 0. The number of hydrogen-bond acceptors (Lipinski definition) is 3. The second-order valence-corrected chi connectivity index (χ2v) is 23.1. The molecule has 3 nitrogen and oxygen atoms in total. The highest BCUT2D eigenvalue weighted by molar-refractivity contribution is 7.90. The van der Waals surface area contributed by atoms with E-state index in [4.69, 9.17) is 13.5 Å². The largest absolute Gasteiger partial charge is 0.355 e. The Balaban J connectivity index is 2.28. The molecule has 0 aromatic heterocycles. The second-order valence-electron chi connectivity index (χ2n) is 9.33. The number of nitrogens with zero attached hydrogens (tertiary/aromatic N) is 3.